The Morgan fingerprint density at radius 1 is 1.30 bits per heavy atom. The number of amides is 1. The standard InChI is InChI=1S/C20H18N4O3/c1-26-18-12-14(6-8-17(18)27-11-10-21)7-9-20(25)22-13-19-23-15-4-2-3-5-16(15)24-19/h2-9,12H,11,13H2,1H3,(H,22,25)(H,23,24). The molecule has 7 heteroatoms. The van der Waals surface area contributed by atoms with Crippen LogP contribution < -0.4 is 14.8 Å². The maximum atomic E-state index is 12.0. The van der Waals surface area contributed by atoms with Gasteiger partial charge >= 0.3 is 0 Å². The highest BCUT2D eigenvalue weighted by Crippen LogP contribution is 2.28. The van der Waals surface area contributed by atoms with Gasteiger partial charge in [-0.3, -0.25) is 4.79 Å². The minimum Gasteiger partial charge on any atom is -0.493 e. The van der Waals surface area contributed by atoms with Crippen molar-refractivity contribution in [3.8, 4) is 17.6 Å². The zero-order chi connectivity index (χ0) is 19.1. The number of benzene rings is 2. The van der Waals surface area contributed by atoms with Crippen LogP contribution in [-0.4, -0.2) is 29.6 Å². The van der Waals surface area contributed by atoms with Crippen LogP contribution in [0.2, 0.25) is 0 Å². The fourth-order valence-electron chi connectivity index (χ4n) is 2.51. The number of nitrogens with zero attached hydrogens (tertiary/aromatic N) is 2. The summed E-state index contributed by atoms with van der Waals surface area (Å²) < 4.78 is 10.5. The molecule has 7 nitrogen and oxygen atoms in total. The summed E-state index contributed by atoms with van der Waals surface area (Å²) in [5, 5.41) is 11.4. The Bertz CT molecular complexity index is 984. The van der Waals surface area contributed by atoms with Crippen LogP contribution in [0.4, 0.5) is 0 Å². The van der Waals surface area contributed by atoms with Gasteiger partial charge in [-0.2, -0.15) is 5.26 Å². The molecule has 0 aliphatic carbocycles. The van der Waals surface area contributed by atoms with Crippen molar-refractivity contribution in [3.63, 3.8) is 0 Å². The number of ether oxygens (including phenoxy) is 2. The molecule has 1 aromatic heterocycles. The Kier molecular flexibility index (Phi) is 5.70. The molecule has 0 unspecified atom stereocenters. The van der Waals surface area contributed by atoms with Gasteiger partial charge in [0.2, 0.25) is 5.91 Å². The number of methoxy groups -OCH3 is 1. The third-order valence-corrected chi connectivity index (χ3v) is 3.78. The van der Waals surface area contributed by atoms with Crippen molar-refractivity contribution in [1.82, 2.24) is 15.3 Å². The van der Waals surface area contributed by atoms with Crippen LogP contribution >= 0.6 is 0 Å². The van der Waals surface area contributed by atoms with Crippen molar-refractivity contribution in [3.05, 3.63) is 59.9 Å². The predicted molar refractivity (Wildman–Crippen MR) is 101 cm³/mol. The zero-order valence-electron chi connectivity index (χ0n) is 14.7. The molecule has 0 fully saturated rings. The maximum absolute atomic E-state index is 12.0. The van der Waals surface area contributed by atoms with Gasteiger partial charge in [0.15, 0.2) is 18.1 Å². The van der Waals surface area contributed by atoms with Crippen molar-refractivity contribution in [2.45, 2.75) is 6.54 Å². The van der Waals surface area contributed by atoms with Crippen LogP contribution in [0.15, 0.2) is 48.5 Å². The summed E-state index contributed by atoms with van der Waals surface area (Å²) in [5.41, 5.74) is 2.57. The SMILES string of the molecule is COc1cc(C=CC(=O)NCc2nc3ccccc3[nH]2)ccc1OCC#N. The summed E-state index contributed by atoms with van der Waals surface area (Å²) in [6.07, 6.45) is 3.11. The number of H-pyrrole nitrogens is 1. The molecular weight excluding hydrogens is 344 g/mol. The topological polar surface area (TPSA) is 100 Å². The van der Waals surface area contributed by atoms with Gasteiger partial charge in [0.25, 0.3) is 0 Å². The zero-order valence-corrected chi connectivity index (χ0v) is 14.7. The van der Waals surface area contributed by atoms with Crippen LogP contribution in [0.5, 0.6) is 11.5 Å². The molecule has 1 amide bonds. The Labute approximate surface area is 156 Å². The number of imidazole rings is 1. The fraction of sp³-hybridized carbons (Fsp3) is 0.150. The molecule has 0 saturated carbocycles. The largest absolute Gasteiger partial charge is 0.493 e. The molecule has 0 radical (unpaired) electrons. The van der Waals surface area contributed by atoms with Crippen molar-refractivity contribution in [1.29, 1.82) is 5.26 Å². The lowest BCUT2D eigenvalue weighted by Crippen LogP contribution is -2.20. The molecule has 2 N–H and O–H groups in total. The molecule has 0 spiro atoms. The van der Waals surface area contributed by atoms with E-state index < -0.39 is 0 Å². The molecule has 3 aromatic rings. The second-order valence-corrected chi connectivity index (χ2v) is 5.61. The number of nitriles is 1. The molecule has 2 aromatic carbocycles. The normalized spacial score (nSPS) is 10.7. The lowest BCUT2D eigenvalue weighted by Gasteiger charge is -2.08. The molecule has 0 bridgehead atoms. The summed E-state index contributed by atoms with van der Waals surface area (Å²) in [6, 6.07) is 14.8. The van der Waals surface area contributed by atoms with E-state index in [-0.39, 0.29) is 12.5 Å². The second kappa shape index (κ2) is 8.54. The van der Waals surface area contributed by atoms with Gasteiger partial charge in [-0.25, -0.2) is 4.98 Å². The predicted octanol–water partition coefficient (Wildman–Crippen LogP) is 2.80. The summed E-state index contributed by atoms with van der Waals surface area (Å²) in [7, 11) is 1.52. The quantitative estimate of drug-likeness (QED) is 0.630. The van der Waals surface area contributed by atoms with Gasteiger partial charge in [-0.15, -0.1) is 0 Å². The first-order valence-corrected chi connectivity index (χ1v) is 8.27. The number of para-hydroxylation sites is 2. The highest BCUT2D eigenvalue weighted by Gasteiger charge is 2.06. The fourth-order valence-corrected chi connectivity index (χ4v) is 2.51. The van der Waals surface area contributed by atoms with Gasteiger partial charge in [-0.05, 0) is 35.9 Å². The van der Waals surface area contributed by atoms with E-state index in [1.807, 2.05) is 30.3 Å². The first-order chi connectivity index (χ1) is 13.2. The number of hydrogen-bond acceptors (Lipinski definition) is 5. The van der Waals surface area contributed by atoms with E-state index in [0.29, 0.717) is 23.9 Å². The highest BCUT2D eigenvalue weighted by atomic mass is 16.5. The van der Waals surface area contributed by atoms with Crippen LogP contribution in [0.1, 0.15) is 11.4 Å². The van der Waals surface area contributed by atoms with Crippen molar-refractivity contribution in [2.75, 3.05) is 13.7 Å². The molecule has 3 rings (SSSR count). The third-order valence-electron chi connectivity index (χ3n) is 3.78. The maximum Gasteiger partial charge on any atom is 0.244 e. The minimum absolute atomic E-state index is 0.0598. The van der Waals surface area contributed by atoms with Gasteiger partial charge in [0.05, 0.1) is 24.7 Å². The smallest absolute Gasteiger partial charge is 0.244 e. The first kappa shape index (κ1) is 18.0. The van der Waals surface area contributed by atoms with Gasteiger partial charge in [-0.1, -0.05) is 18.2 Å². The number of aromatic nitrogens is 2. The van der Waals surface area contributed by atoms with Crippen LogP contribution in [-0.2, 0) is 11.3 Å². The Morgan fingerprint density at radius 3 is 2.93 bits per heavy atom. The molecule has 0 aliphatic rings. The highest BCUT2D eigenvalue weighted by molar-refractivity contribution is 5.91. The van der Waals surface area contributed by atoms with Crippen molar-refractivity contribution in [2.24, 2.45) is 0 Å². The number of carbonyl (C=O) groups excluding carboxylic acids is 1. The van der Waals surface area contributed by atoms with E-state index in [9.17, 15) is 4.79 Å². The van der Waals surface area contributed by atoms with Crippen molar-refractivity contribution >= 4 is 23.0 Å². The molecular formula is C20H18N4O3. The Hall–Kier alpha value is -3.79. The second-order valence-electron chi connectivity index (χ2n) is 5.61. The minimum atomic E-state index is -0.237. The average Bonchev–Trinajstić information content (AvgIpc) is 3.12. The number of fused-ring (bicyclic) bond motifs is 1. The van der Waals surface area contributed by atoms with E-state index >= 15 is 0 Å². The van der Waals surface area contributed by atoms with E-state index in [4.69, 9.17) is 14.7 Å². The molecule has 27 heavy (non-hydrogen) atoms. The number of hydrogen-bond donors (Lipinski definition) is 2. The lowest BCUT2D eigenvalue weighted by atomic mass is 10.2. The summed E-state index contributed by atoms with van der Waals surface area (Å²) in [5.74, 6) is 1.43. The molecule has 1 heterocycles. The number of rotatable bonds is 7. The number of nitrogens with one attached hydrogen (secondary N) is 2. The van der Waals surface area contributed by atoms with Crippen LogP contribution in [0, 0.1) is 11.3 Å². The third kappa shape index (κ3) is 4.64. The van der Waals surface area contributed by atoms with E-state index in [1.165, 1.54) is 13.2 Å². The summed E-state index contributed by atoms with van der Waals surface area (Å²) >= 11 is 0. The molecule has 136 valence electrons. The molecule has 0 atom stereocenters. The summed E-state index contributed by atoms with van der Waals surface area (Å²) in [6.45, 7) is 0.248. The van der Waals surface area contributed by atoms with Gasteiger partial charge < -0.3 is 19.8 Å². The molecule has 0 aliphatic heterocycles. The van der Waals surface area contributed by atoms with Gasteiger partial charge in [0.1, 0.15) is 11.9 Å². The number of aromatic amines is 1. The number of carbonyl (C=O) groups is 1. The van der Waals surface area contributed by atoms with E-state index in [0.717, 1.165) is 16.6 Å². The Morgan fingerprint density at radius 2 is 2.15 bits per heavy atom. The van der Waals surface area contributed by atoms with Crippen LogP contribution in [0.3, 0.4) is 0 Å². The lowest BCUT2D eigenvalue weighted by molar-refractivity contribution is -0.116. The van der Waals surface area contributed by atoms with E-state index in [2.05, 4.69) is 15.3 Å². The Balaban J connectivity index is 1.59. The first-order valence-electron chi connectivity index (χ1n) is 8.27. The summed E-state index contributed by atoms with van der Waals surface area (Å²) in [4.78, 5) is 19.6. The molecule has 0 saturated heterocycles. The van der Waals surface area contributed by atoms with Crippen molar-refractivity contribution < 1.29 is 14.3 Å². The van der Waals surface area contributed by atoms with Crippen LogP contribution in [0.25, 0.3) is 17.1 Å². The van der Waals surface area contributed by atoms with Gasteiger partial charge in [0, 0.05) is 6.08 Å². The monoisotopic (exact) mass is 362 g/mol. The van der Waals surface area contributed by atoms with E-state index in [1.54, 1.807) is 24.3 Å². The average molecular weight is 362 g/mol.